The maximum absolute atomic E-state index is 13.3. The predicted octanol–water partition coefficient (Wildman–Crippen LogP) is 2.21. The largest absolute Gasteiger partial charge is 0.433 e. The molecule has 1 aliphatic heterocycles. The van der Waals surface area contributed by atoms with Crippen molar-refractivity contribution in [1.82, 2.24) is 14.2 Å². The van der Waals surface area contributed by atoms with Gasteiger partial charge in [0.2, 0.25) is 15.9 Å². The van der Waals surface area contributed by atoms with Crippen LogP contribution in [0, 0.1) is 11.8 Å². The molecule has 2 fully saturated rings. The Hall–Kier alpha value is -1.93. The Morgan fingerprint density at radius 3 is 2.23 bits per heavy atom. The molecule has 14 heteroatoms. The van der Waals surface area contributed by atoms with E-state index in [1.54, 1.807) is 4.90 Å². The topological polar surface area (TPSA) is 117 Å². The first kappa shape index (κ1) is 27.7. The normalized spacial score (nSPS) is 22.2. The van der Waals surface area contributed by atoms with E-state index in [0.717, 1.165) is 16.6 Å². The van der Waals surface area contributed by atoms with Crippen molar-refractivity contribution in [2.24, 2.45) is 11.8 Å². The van der Waals surface area contributed by atoms with Crippen LogP contribution in [-0.2, 0) is 30.8 Å². The zero-order valence-electron chi connectivity index (χ0n) is 19.9. The highest BCUT2D eigenvalue weighted by Gasteiger charge is 2.38. The molecule has 1 N–H and O–H groups in total. The SMILES string of the molecule is CC(C)CC(=O)N1CCN(S(=O)(=O)c2ccc(C(F)(F)F)nc2NCC2CC(S(C)(=O)=O)C2)CC1. The molecule has 0 bridgehead atoms. The number of pyridine rings is 1. The minimum absolute atomic E-state index is 0.0191. The third-order valence-electron chi connectivity index (χ3n) is 6.30. The van der Waals surface area contributed by atoms with E-state index in [1.807, 2.05) is 13.8 Å². The molecule has 3 rings (SSSR count). The van der Waals surface area contributed by atoms with Gasteiger partial charge in [0, 0.05) is 45.4 Å². The van der Waals surface area contributed by atoms with Crippen LogP contribution in [-0.4, -0.2) is 81.2 Å². The molecular weight excluding hydrogens is 509 g/mol. The minimum atomic E-state index is -4.76. The number of rotatable bonds is 8. The second-order valence-corrected chi connectivity index (χ2v) is 13.8. The van der Waals surface area contributed by atoms with E-state index in [1.165, 1.54) is 0 Å². The Kier molecular flexibility index (Phi) is 8.07. The highest BCUT2D eigenvalue weighted by atomic mass is 32.2. The number of piperazine rings is 1. The maximum atomic E-state index is 13.3. The fourth-order valence-corrected chi connectivity index (χ4v) is 6.93. The lowest BCUT2D eigenvalue weighted by Gasteiger charge is -2.35. The summed E-state index contributed by atoms with van der Waals surface area (Å²) in [6.07, 6.45) is -2.58. The standard InChI is InChI=1S/C21H31F3N4O5S2/c1-14(2)10-19(29)27-6-8-28(9-7-27)35(32,33)17-4-5-18(21(22,23)24)26-20(17)25-13-15-11-16(12-15)34(3,30)31/h4-5,14-16H,6-13H2,1-3H3,(H,25,26). The number of amides is 1. The third-order valence-corrected chi connectivity index (χ3v) is 9.82. The monoisotopic (exact) mass is 540 g/mol. The molecule has 1 saturated heterocycles. The Morgan fingerprint density at radius 2 is 1.71 bits per heavy atom. The summed E-state index contributed by atoms with van der Waals surface area (Å²) < 4.78 is 90.8. The first-order chi connectivity index (χ1) is 16.1. The van der Waals surface area contributed by atoms with Gasteiger partial charge in [-0.2, -0.15) is 17.5 Å². The van der Waals surface area contributed by atoms with Gasteiger partial charge >= 0.3 is 6.18 Å². The number of carbonyl (C=O) groups is 1. The molecule has 0 unspecified atom stereocenters. The molecule has 1 amide bonds. The zero-order chi connectivity index (χ0) is 26.2. The molecule has 9 nitrogen and oxygen atoms in total. The van der Waals surface area contributed by atoms with E-state index < -0.39 is 42.8 Å². The summed E-state index contributed by atoms with van der Waals surface area (Å²) >= 11 is 0. The molecule has 2 heterocycles. The van der Waals surface area contributed by atoms with Gasteiger partial charge in [0.15, 0.2) is 0 Å². The zero-order valence-corrected chi connectivity index (χ0v) is 21.5. The summed E-state index contributed by atoms with van der Waals surface area (Å²) in [6.45, 7) is 4.34. The molecule has 198 valence electrons. The molecule has 0 spiro atoms. The maximum Gasteiger partial charge on any atom is 0.433 e. The number of sulfone groups is 1. The molecular formula is C21H31F3N4O5S2. The number of aromatic nitrogens is 1. The number of anilines is 1. The number of nitrogens with one attached hydrogen (secondary N) is 1. The van der Waals surface area contributed by atoms with Crippen molar-refractivity contribution in [3.63, 3.8) is 0 Å². The first-order valence-electron chi connectivity index (χ1n) is 11.4. The van der Waals surface area contributed by atoms with Gasteiger partial charge < -0.3 is 10.2 Å². The van der Waals surface area contributed by atoms with Gasteiger partial charge in [-0.05, 0) is 36.8 Å². The smallest absolute Gasteiger partial charge is 0.369 e. The molecule has 1 aliphatic carbocycles. The van der Waals surface area contributed by atoms with Crippen molar-refractivity contribution in [3.8, 4) is 0 Å². The molecule has 0 radical (unpaired) electrons. The fourth-order valence-electron chi connectivity index (χ4n) is 4.17. The predicted molar refractivity (Wildman–Crippen MR) is 124 cm³/mol. The number of halogens is 3. The number of nitrogens with zero attached hydrogens (tertiary/aromatic N) is 3. The number of hydrogen-bond acceptors (Lipinski definition) is 7. The van der Waals surface area contributed by atoms with E-state index in [4.69, 9.17) is 0 Å². The Morgan fingerprint density at radius 1 is 1.11 bits per heavy atom. The average molecular weight is 541 g/mol. The molecule has 1 aromatic rings. The van der Waals surface area contributed by atoms with Gasteiger partial charge in [-0.1, -0.05) is 13.8 Å². The van der Waals surface area contributed by atoms with Gasteiger partial charge in [0.25, 0.3) is 0 Å². The van der Waals surface area contributed by atoms with Crippen LogP contribution in [0.25, 0.3) is 0 Å². The number of hydrogen-bond donors (Lipinski definition) is 1. The fraction of sp³-hybridized carbons (Fsp3) is 0.714. The van der Waals surface area contributed by atoms with Crippen molar-refractivity contribution in [1.29, 1.82) is 0 Å². The molecule has 0 atom stereocenters. The minimum Gasteiger partial charge on any atom is -0.369 e. The molecule has 0 aromatic carbocycles. The van der Waals surface area contributed by atoms with Crippen LogP contribution < -0.4 is 5.32 Å². The lowest BCUT2D eigenvalue weighted by atomic mass is 9.85. The molecule has 2 aliphatic rings. The third kappa shape index (κ3) is 6.64. The van der Waals surface area contributed by atoms with Gasteiger partial charge in [-0.3, -0.25) is 4.79 Å². The summed E-state index contributed by atoms with van der Waals surface area (Å²) in [7, 11) is -7.38. The summed E-state index contributed by atoms with van der Waals surface area (Å²) in [5, 5.41) is 2.22. The molecule has 35 heavy (non-hydrogen) atoms. The van der Waals surface area contributed by atoms with E-state index >= 15 is 0 Å². The van der Waals surface area contributed by atoms with Crippen molar-refractivity contribution in [3.05, 3.63) is 17.8 Å². The van der Waals surface area contributed by atoms with Crippen molar-refractivity contribution in [2.75, 3.05) is 44.3 Å². The van der Waals surface area contributed by atoms with E-state index in [2.05, 4.69) is 10.3 Å². The highest BCUT2D eigenvalue weighted by molar-refractivity contribution is 7.91. The van der Waals surface area contributed by atoms with E-state index in [-0.39, 0.29) is 55.4 Å². The summed E-state index contributed by atoms with van der Waals surface area (Å²) in [4.78, 5) is 17.0. The first-order valence-corrected chi connectivity index (χ1v) is 14.8. The van der Waals surface area contributed by atoms with Crippen molar-refractivity contribution < 1.29 is 34.8 Å². The number of alkyl halides is 3. The van der Waals surface area contributed by atoms with Gasteiger partial charge in [-0.15, -0.1) is 0 Å². The summed E-state index contributed by atoms with van der Waals surface area (Å²) in [5.41, 5.74) is -1.23. The Bertz CT molecular complexity index is 1140. The van der Waals surface area contributed by atoms with Gasteiger partial charge in [0.05, 0.1) is 5.25 Å². The van der Waals surface area contributed by atoms with Crippen LogP contribution in [0.1, 0.15) is 38.8 Å². The quantitative estimate of drug-likeness (QED) is 0.537. The van der Waals surface area contributed by atoms with Crippen LogP contribution in [0.5, 0.6) is 0 Å². The van der Waals surface area contributed by atoms with Crippen molar-refractivity contribution >= 4 is 31.6 Å². The second kappa shape index (κ2) is 10.2. The molecule has 1 aromatic heterocycles. The lowest BCUT2D eigenvalue weighted by Crippen LogP contribution is -2.50. The van der Waals surface area contributed by atoms with Gasteiger partial charge in [0.1, 0.15) is 26.2 Å². The Labute approximate surface area is 204 Å². The van der Waals surface area contributed by atoms with Crippen LogP contribution in [0.2, 0.25) is 0 Å². The number of carbonyl (C=O) groups excluding carboxylic acids is 1. The van der Waals surface area contributed by atoms with Crippen molar-refractivity contribution in [2.45, 2.75) is 49.4 Å². The summed E-state index contributed by atoms with van der Waals surface area (Å²) in [5.74, 6) is -0.443. The highest BCUT2D eigenvalue weighted by Crippen LogP contribution is 2.35. The second-order valence-electron chi connectivity index (χ2n) is 9.59. The Balaban J connectivity index is 1.76. The van der Waals surface area contributed by atoms with Crippen LogP contribution in [0.15, 0.2) is 17.0 Å². The molecule has 1 saturated carbocycles. The average Bonchev–Trinajstić information content (AvgIpc) is 2.70. The van der Waals surface area contributed by atoms with E-state index in [9.17, 15) is 34.8 Å². The van der Waals surface area contributed by atoms with Crippen LogP contribution in [0.3, 0.4) is 0 Å². The van der Waals surface area contributed by atoms with Gasteiger partial charge in [-0.25, -0.2) is 21.8 Å². The number of sulfonamides is 1. The van der Waals surface area contributed by atoms with Crippen LogP contribution in [0.4, 0.5) is 19.0 Å². The lowest BCUT2D eigenvalue weighted by molar-refractivity contribution is -0.141. The van der Waals surface area contributed by atoms with Crippen LogP contribution >= 0.6 is 0 Å². The van der Waals surface area contributed by atoms with E-state index in [0.29, 0.717) is 25.3 Å². The summed E-state index contributed by atoms with van der Waals surface area (Å²) in [6, 6.07) is 1.52.